The summed E-state index contributed by atoms with van der Waals surface area (Å²) >= 11 is 0. The Morgan fingerprint density at radius 1 is 1.21 bits per heavy atom. The summed E-state index contributed by atoms with van der Waals surface area (Å²) in [7, 11) is 0. The van der Waals surface area contributed by atoms with E-state index in [2.05, 4.69) is 19.2 Å². The Morgan fingerprint density at radius 2 is 1.89 bits per heavy atom. The van der Waals surface area contributed by atoms with Gasteiger partial charge in [0.15, 0.2) is 0 Å². The van der Waals surface area contributed by atoms with Gasteiger partial charge in [0.1, 0.15) is 11.6 Å². The predicted octanol–water partition coefficient (Wildman–Crippen LogP) is 3.77. The van der Waals surface area contributed by atoms with Crippen molar-refractivity contribution < 1.29 is 8.78 Å². The van der Waals surface area contributed by atoms with E-state index in [0.29, 0.717) is 17.0 Å². The van der Waals surface area contributed by atoms with E-state index in [4.69, 9.17) is 0 Å². The van der Waals surface area contributed by atoms with Gasteiger partial charge in [-0.3, -0.25) is 0 Å². The summed E-state index contributed by atoms with van der Waals surface area (Å²) in [6, 6.07) is 4.43. The van der Waals surface area contributed by atoms with Crippen molar-refractivity contribution in [1.29, 1.82) is 0 Å². The second-order valence-corrected chi connectivity index (χ2v) is 6.79. The molecule has 0 radical (unpaired) electrons. The van der Waals surface area contributed by atoms with Crippen LogP contribution in [0.25, 0.3) is 0 Å². The first kappa shape index (κ1) is 13.0. The van der Waals surface area contributed by atoms with Gasteiger partial charge >= 0.3 is 0 Å². The van der Waals surface area contributed by atoms with Crippen molar-refractivity contribution in [2.24, 2.45) is 5.41 Å². The average molecular weight is 265 g/mol. The maximum absolute atomic E-state index is 14.1. The van der Waals surface area contributed by atoms with Crippen LogP contribution in [0.15, 0.2) is 18.2 Å². The molecule has 3 heteroatoms. The Morgan fingerprint density at radius 3 is 2.42 bits per heavy atom. The van der Waals surface area contributed by atoms with Crippen molar-refractivity contribution in [3.63, 3.8) is 0 Å². The third-order valence-corrected chi connectivity index (χ3v) is 4.74. The van der Waals surface area contributed by atoms with Crippen LogP contribution in [0, 0.1) is 17.0 Å². The normalized spacial score (nSPS) is 22.6. The second kappa shape index (κ2) is 4.27. The minimum Gasteiger partial charge on any atom is -0.314 e. The first-order valence-corrected chi connectivity index (χ1v) is 7.14. The van der Waals surface area contributed by atoms with Crippen molar-refractivity contribution in [2.45, 2.75) is 51.0 Å². The van der Waals surface area contributed by atoms with Crippen LogP contribution in [0.1, 0.15) is 45.1 Å². The molecule has 1 nitrogen and oxygen atoms in total. The van der Waals surface area contributed by atoms with Crippen LogP contribution >= 0.6 is 0 Å². The van der Waals surface area contributed by atoms with Gasteiger partial charge in [-0.05, 0) is 42.7 Å². The van der Waals surface area contributed by atoms with E-state index in [0.717, 1.165) is 25.5 Å². The molecule has 2 saturated carbocycles. The maximum Gasteiger partial charge on any atom is 0.129 e. The molecule has 1 N–H and O–H groups in total. The molecule has 0 saturated heterocycles. The zero-order chi connectivity index (χ0) is 13.7. The highest BCUT2D eigenvalue weighted by Gasteiger charge is 2.61. The molecule has 1 aromatic rings. The molecule has 1 aromatic carbocycles. The molecule has 0 atom stereocenters. The average Bonchev–Trinajstić information content (AvgIpc) is 3.05. The SMILES string of the molecule is CC(C)NCC1(c2ccc(F)cc2F)CC2(CC2)C1. The summed E-state index contributed by atoms with van der Waals surface area (Å²) in [5, 5.41) is 3.43. The van der Waals surface area contributed by atoms with Crippen LogP contribution in [-0.4, -0.2) is 12.6 Å². The quantitative estimate of drug-likeness (QED) is 0.873. The lowest BCUT2D eigenvalue weighted by atomic mass is 9.56. The van der Waals surface area contributed by atoms with Crippen molar-refractivity contribution >= 4 is 0 Å². The second-order valence-electron chi connectivity index (χ2n) is 6.79. The van der Waals surface area contributed by atoms with Crippen LogP contribution in [0.3, 0.4) is 0 Å². The summed E-state index contributed by atoms with van der Waals surface area (Å²) in [4.78, 5) is 0. The van der Waals surface area contributed by atoms with Gasteiger partial charge in [-0.25, -0.2) is 8.78 Å². The van der Waals surface area contributed by atoms with Crippen LogP contribution in [0.5, 0.6) is 0 Å². The maximum atomic E-state index is 14.1. The highest BCUT2D eigenvalue weighted by atomic mass is 19.1. The first-order valence-electron chi connectivity index (χ1n) is 7.14. The third-order valence-electron chi connectivity index (χ3n) is 4.74. The molecular weight excluding hydrogens is 244 g/mol. The zero-order valence-corrected chi connectivity index (χ0v) is 11.6. The predicted molar refractivity (Wildman–Crippen MR) is 72.1 cm³/mol. The van der Waals surface area contributed by atoms with Crippen molar-refractivity contribution in [2.75, 3.05) is 6.54 Å². The minimum absolute atomic E-state index is 0.126. The summed E-state index contributed by atoms with van der Waals surface area (Å²) in [6.07, 6.45) is 4.64. The third kappa shape index (κ3) is 2.29. The number of hydrogen-bond donors (Lipinski definition) is 1. The fourth-order valence-corrected chi connectivity index (χ4v) is 3.64. The molecule has 19 heavy (non-hydrogen) atoms. The number of benzene rings is 1. The molecule has 0 aromatic heterocycles. The zero-order valence-electron chi connectivity index (χ0n) is 11.6. The Bertz CT molecular complexity index is 484. The number of hydrogen-bond acceptors (Lipinski definition) is 1. The monoisotopic (exact) mass is 265 g/mol. The molecule has 0 heterocycles. The Hall–Kier alpha value is -0.960. The van der Waals surface area contributed by atoms with Gasteiger partial charge in [-0.1, -0.05) is 19.9 Å². The summed E-state index contributed by atoms with van der Waals surface area (Å²) < 4.78 is 27.2. The molecule has 2 fully saturated rings. The van der Waals surface area contributed by atoms with E-state index in [9.17, 15) is 8.78 Å². The molecule has 0 aliphatic heterocycles. The van der Waals surface area contributed by atoms with E-state index in [1.54, 1.807) is 6.07 Å². The van der Waals surface area contributed by atoms with E-state index in [1.165, 1.54) is 18.9 Å². The fourth-order valence-electron chi connectivity index (χ4n) is 3.64. The van der Waals surface area contributed by atoms with Crippen LogP contribution < -0.4 is 5.32 Å². The molecule has 0 amide bonds. The van der Waals surface area contributed by atoms with E-state index in [-0.39, 0.29) is 11.2 Å². The highest BCUT2D eigenvalue weighted by Crippen LogP contribution is 2.68. The Labute approximate surface area is 113 Å². The summed E-state index contributed by atoms with van der Waals surface area (Å²) in [5.74, 6) is -0.880. The topological polar surface area (TPSA) is 12.0 Å². The molecule has 104 valence electrons. The van der Waals surface area contributed by atoms with Gasteiger partial charge < -0.3 is 5.32 Å². The van der Waals surface area contributed by atoms with Gasteiger partial charge in [-0.15, -0.1) is 0 Å². The molecule has 1 spiro atoms. The van der Waals surface area contributed by atoms with Gasteiger partial charge in [0, 0.05) is 24.1 Å². The van der Waals surface area contributed by atoms with Crippen LogP contribution in [0.4, 0.5) is 8.78 Å². The lowest BCUT2D eigenvalue weighted by Gasteiger charge is -2.50. The van der Waals surface area contributed by atoms with Crippen LogP contribution in [0.2, 0.25) is 0 Å². The molecule has 2 aliphatic carbocycles. The molecule has 0 unspecified atom stereocenters. The van der Waals surface area contributed by atoms with Gasteiger partial charge in [-0.2, -0.15) is 0 Å². The van der Waals surface area contributed by atoms with Gasteiger partial charge in [0.2, 0.25) is 0 Å². The standard InChI is InChI=1S/C16H21F2N/c1-11(2)19-10-16(8-15(9-16)5-6-15)13-4-3-12(17)7-14(13)18/h3-4,7,11,19H,5-6,8-10H2,1-2H3. The lowest BCUT2D eigenvalue weighted by Crippen LogP contribution is -2.51. The van der Waals surface area contributed by atoms with Gasteiger partial charge in [0.05, 0.1) is 0 Å². The molecule has 2 aliphatic rings. The van der Waals surface area contributed by atoms with Crippen molar-refractivity contribution in [3.8, 4) is 0 Å². The van der Waals surface area contributed by atoms with Gasteiger partial charge in [0.25, 0.3) is 0 Å². The lowest BCUT2D eigenvalue weighted by molar-refractivity contribution is 0.110. The highest BCUT2D eigenvalue weighted by molar-refractivity contribution is 5.35. The summed E-state index contributed by atoms with van der Waals surface area (Å²) in [5.41, 5.74) is 1.05. The summed E-state index contributed by atoms with van der Waals surface area (Å²) in [6.45, 7) is 4.98. The Balaban J connectivity index is 1.86. The molecular formula is C16H21F2N. The first-order chi connectivity index (χ1) is 8.95. The number of rotatable bonds is 4. The van der Waals surface area contributed by atoms with Crippen LogP contribution in [-0.2, 0) is 5.41 Å². The van der Waals surface area contributed by atoms with E-state index < -0.39 is 5.82 Å². The number of nitrogens with one attached hydrogen (secondary N) is 1. The van der Waals surface area contributed by atoms with E-state index in [1.807, 2.05) is 0 Å². The Kier molecular flexibility index (Phi) is 2.93. The minimum atomic E-state index is -0.492. The molecule has 3 rings (SSSR count). The largest absolute Gasteiger partial charge is 0.314 e. The smallest absolute Gasteiger partial charge is 0.129 e. The number of halogens is 2. The van der Waals surface area contributed by atoms with Crippen molar-refractivity contribution in [3.05, 3.63) is 35.4 Å². The van der Waals surface area contributed by atoms with Crippen molar-refractivity contribution in [1.82, 2.24) is 5.32 Å². The fraction of sp³-hybridized carbons (Fsp3) is 0.625. The van der Waals surface area contributed by atoms with E-state index >= 15 is 0 Å². The molecule has 0 bridgehead atoms.